The number of carbonyl (C=O) groups excluding carboxylic acids is 1. The largest absolute Gasteiger partial charge is 0.354 e. The Kier molecular flexibility index (Phi) is 4.59. The Balaban J connectivity index is 1.46. The third kappa shape index (κ3) is 3.17. The molecule has 1 aliphatic carbocycles. The maximum Gasteiger partial charge on any atom is 0.262 e. The molecule has 0 saturated carbocycles. The molecule has 0 radical (unpaired) electrons. The van der Waals surface area contributed by atoms with Crippen molar-refractivity contribution >= 4 is 27.5 Å². The summed E-state index contributed by atoms with van der Waals surface area (Å²) in [6.07, 6.45) is 4.57. The molecule has 1 N–H and O–H groups in total. The minimum Gasteiger partial charge on any atom is -0.354 e. The zero-order valence-corrected chi connectivity index (χ0v) is 15.5. The Morgan fingerprint density at radius 2 is 2.12 bits per heavy atom. The summed E-state index contributed by atoms with van der Waals surface area (Å²) >= 11 is 1.61. The van der Waals surface area contributed by atoms with Crippen molar-refractivity contribution in [1.29, 1.82) is 0 Å². The third-order valence-electron chi connectivity index (χ3n) is 4.98. The van der Waals surface area contributed by atoms with E-state index in [0.717, 1.165) is 35.0 Å². The van der Waals surface area contributed by atoms with E-state index in [1.807, 2.05) is 18.2 Å². The van der Waals surface area contributed by atoms with Crippen molar-refractivity contribution in [1.82, 2.24) is 14.9 Å². The fourth-order valence-corrected chi connectivity index (χ4v) is 4.73. The second kappa shape index (κ2) is 7.03. The monoisotopic (exact) mass is 367 g/mol. The summed E-state index contributed by atoms with van der Waals surface area (Å²) < 4.78 is 1.43. The molecular formula is C20H21N3O2S. The van der Waals surface area contributed by atoms with Crippen molar-refractivity contribution < 1.29 is 4.79 Å². The lowest BCUT2D eigenvalue weighted by atomic mass is 10.0. The first-order valence-corrected chi connectivity index (χ1v) is 9.76. The van der Waals surface area contributed by atoms with E-state index in [-0.39, 0.29) is 23.9 Å². The summed E-state index contributed by atoms with van der Waals surface area (Å²) in [7, 11) is 0. The molecule has 1 unspecified atom stereocenters. The van der Waals surface area contributed by atoms with Crippen LogP contribution in [0.2, 0.25) is 0 Å². The van der Waals surface area contributed by atoms with Crippen LogP contribution < -0.4 is 10.9 Å². The van der Waals surface area contributed by atoms with Crippen molar-refractivity contribution in [2.45, 2.75) is 38.6 Å². The molecule has 5 nitrogen and oxygen atoms in total. The molecule has 26 heavy (non-hydrogen) atoms. The lowest BCUT2D eigenvalue weighted by Gasteiger charge is -2.13. The number of amides is 1. The molecule has 2 aromatic heterocycles. The Hall–Kier alpha value is -2.47. The average Bonchev–Trinajstić information content (AvgIpc) is 3.24. The highest BCUT2D eigenvalue weighted by atomic mass is 32.1. The summed E-state index contributed by atoms with van der Waals surface area (Å²) in [4.78, 5) is 31.6. The van der Waals surface area contributed by atoms with E-state index in [4.69, 9.17) is 0 Å². The lowest BCUT2D eigenvalue weighted by molar-refractivity contribution is -0.121. The van der Waals surface area contributed by atoms with Crippen LogP contribution in [0, 0.1) is 0 Å². The molecule has 134 valence electrons. The number of hydrogen-bond acceptors (Lipinski definition) is 4. The Morgan fingerprint density at radius 1 is 1.31 bits per heavy atom. The summed E-state index contributed by atoms with van der Waals surface area (Å²) in [6, 6.07) is 10.1. The molecule has 1 aromatic carbocycles. The van der Waals surface area contributed by atoms with Gasteiger partial charge in [0.25, 0.3) is 5.56 Å². The molecule has 2 heterocycles. The van der Waals surface area contributed by atoms with Gasteiger partial charge in [-0.05, 0) is 36.3 Å². The van der Waals surface area contributed by atoms with Crippen LogP contribution in [-0.2, 0) is 24.2 Å². The van der Waals surface area contributed by atoms with Gasteiger partial charge in [-0.25, -0.2) is 4.98 Å². The van der Waals surface area contributed by atoms with E-state index in [0.29, 0.717) is 6.54 Å². The fourth-order valence-electron chi connectivity index (χ4n) is 3.51. The van der Waals surface area contributed by atoms with Gasteiger partial charge in [0.15, 0.2) is 0 Å². The fraction of sp³-hybridized carbons (Fsp3) is 0.350. The normalized spacial score (nSPS) is 14.3. The van der Waals surface area contributed by atoms with E-state index < -0.39 is 0 Å². The van der Waals surface area contributed by atoms with E-state index in [1.54, 1.807) is 11.3 Å². The second-order valence-electron chi connectivity index (χ2n) is 6.83. The first-order valence-electron chi connectivity index (χ1n) is 8.95. The number of aryl methyl sites for hydroxylation is 2. The van der Waals surface area contributed by atoms with Crippen molar-refractivity contribution in [3.8, 4) is 0 Å². The smallest absolute Gasteiger partial charge is 0.262 e. The van der Waals surface area contributed by atoms with E-state index >= 15 is 0 Å². The first-order chi connectivity index (χ1) is 12.6. The molecule has 4 rings (SSSR count). The van der Waals surface area contributed by atoms with Gasteiger partial charge in [-0.1, -0.05) is 37.3 Å². The van der Waals surface area contributed by atoms with Gasteiger partial charge in [-0.15, -0.1) is 11.3 Å². The summed E-state index contributed by atoms with van der Waals surface area (Å²) in [5.41, 5.74) is 2.23. The van der Waals surface area contributed by atoms with Crippen LogP contribution in [0.25, 0.3) is 10.2 Å². The number of nitrogens with one attached hydrogen (secondary N) is 1. The molecular weight excluding hydrogens is 346 g/mol. The van der Waals surface area contributed by atoms with E-state index in [9.17, 15) is 9.59 Å². The highest BCUT2D eigenvalue weighted by molar-refractivity contribution is 7.18. The predicted molar refractivity (Wildman–Crippen MR) is 104 cm³/mol. The predicted octanol–water partition coefficient (Wildman–Crippen LogP) is 2.87. The van der Waals surface area contributed by atoms with Crippen molar-refractivity contribution in [3.05, 3.63) is 63.0 Å². The van der Waals surface area contributed by atoms with Crippen molar-refractivity contribution in [2.24, 2.45) is 0 Å². The summed E-state index contributed by atoms with van der Waals surface area (Å²) in [6.45, 7) is 2.62. The molecule has 3 aromatic rings. The summed E-state index contributed by atoms with van der Waals surface area (Å²) in [5.74, 6) is 0.0560. The number of fused-ring (bicyclic) bond motifs is 3. The molecule has 1 atom stereocenters. The first kappa shape index (κ1) is 17.0. The Morgan fingerprint density at radius 3 is 2.92 bits per heavy atom. The average molecular weight is 367 g/mol. The number of benzene rings is 1. The molecule has 0 bridgehead atoms. The minimum atomic E-state index is -0.164. The van der Waals surface area contributed by atoms with Crippen LogP contribution in [0.5, 0.6) is 0 Å². The van der Waals surface area contributed by atoms with Gasteiger partial charge in [0, 0.05) is 11.4 Å². The van der Waals surface area contributed by atoms with Crippen LogP contribution in [0.1, 0.15) is 35.3 Å². The summed E-state index contributed by atoms with van der Waals surface area (Å²) in [5, 5.41) is 3.65. The Bertz CT molecular complexity index is 1010. The maximum absolute atomic E-state index is 12.8. The molecule has 6 heteroatoms. The molecule has 0 spiro atoms. The quantitative estimate of drug-likeness (QED) is 0.754. The highest BCUT2D eigenvalue weighted by Crippen LogP contribution is 2.34. The van der Waals surface area contributed by atoms with Gasteiger partial charge in [-0.2, -0.15) is 0 Å². The standard InChI is InChI=1S/C20H21N3O2S/c1-13(14-6-3-2-4-7-14)10-21-17(24)11-23-12-22-19-18(20(23)25)15-8-5-9-16(15)26-19/h2-4,6-7,12-13H,5,8-11H2,1H3,(H,21,24). The zero-order valence-electron chi connectivity index (χ0n) is 14.7. The van der Waals surface area contributed by atoms with E-state index in [2.05, 4.69) is 29.4 Å². The second-order valence-corrected chi connectivity index (χ2v) is 7.91. The topological polar surface area (TPSA) is 64.0 Å². The maximum atomic E-state index is 12.8. The van der Waals surface area contributed by atoms with Gasteiger partial charge in [-0.3, -0.25) is 14.2 Å². The number of thiophene rings is 1. The molecule has 1 aliphatic rings. The number of aromatic nitrogens is 2. The number of nitrogens with zero attached hydrogens (tertiary/aromatic N) is 2. The van der Waals surface area contributed by atoms with Crippen LogP contribution >= 0.6 is 11.3 Å². The minimum absolute atomic E-state index is 0.00784. The lowest BCUT2D eigenvalue weighted by Crippen LogP contribution is -2.34. The molecule has 0 fully saturated rings. The van der Waals surface area contributed by atoms with Crippen molar-refractivity contribution in [3.63, 3.8) is 0 Å². The van der Waals surface area contributed by atoms with Crippen LogP contribution in [0.4, 0.5) is 0 Å². The van der Waals surface area contributed by atoms with Crippen LogP contribution in [0.15, 0.2) is 41.5 Å². The number of rotatable bonds is 5. The van der Waals surface area contributed by atoms with Gasteiger partial charge in [0.2, 0.25) is 5.91 Å². The van der Waals surface area contributed by atoms with Gasteiger partial charge >= 0.3 is 0 Å². The zero-order chi connectivity index (χ0) is 18.1. The molecule has 0 aliphatic heterocycles. The van der Waals surface area contributed by atoms with E-state index in [1.165, 1.54) is 21.3 Å². The Labute approximate surface area is 155 Å². The third-order valence-corrected chi connectivity index (χ3v) is 6.18. The van der Waals surface area contributed by atoms with Crippen LogP contribution in [-0.4, -0.2) is 22.0 Å². The molecule has 0 saturated heterocycles. The number of hydrogen-bond donors (Lipinski definition) is 1. The van der Waals surface area contributed by atoms with Gasteiger partial charge in [0.05, 0.1) is 11.7 Å². The van der Waals surface area contributed by atoms with Crippen molar-refractivity contribution in [2.75, 3.05) is 6.54 Å². The van der Waals surface area contributed by atoms with Crippen LogP contribution in [0.3, 0.4) is 0 Å². The van der Waals surface area contributed by atoms with Gasteiger partial charge in [0.1, 0.15) is 11.4 Å². The number of carbonyl (C=O) groups is 1. The SMILES string of the molecule is CC(CNC(=O)Cn1cnc2sc3c(c2c1=O)CCC3)c1ccccc1. The van der Waals surface area contributed by atoms with Gasteiger partial charge < -0.3 is 5.32 Å². The highest BCUT2D eigenvalue weighted by Gasteiger charge is 2.21. The molecule has 1 amide bonds.